The maximum Gasteiger partial charge on any atom is 0.253 e. The summed E-state index contributed by atoms with van der Waals surface area (Å²) in [4.78, 5) is 24.2. The van der Waals surface area contributed by atoms with E-state index < -0.39 is 0 Å². The van der Waals surface area contributed by atoms with E-state index >= 15 is 0 Å². The minimum absolute atomic E-state index is 0.126. The lowest BCUT2D eigenvalue weighted by molar-refractivity contribution is -0.124. The van der Waals surface area contributed by atoms with E-state index in [0.717, 1.165) is 18.4 Å². The molecule has 6 nitrogen and oxygen atoms in total. The molecule has 0 spiro atoms. The fourth-order valence-electron chi connectivity index (χ4n) is 2.73. The molecular weight excluding hydrogens is 318 g/mol. The number of carbonyl (C=O) groups excluding carboxylic acids is 2. The molecule has 0 bridgehead atoms. The summed E-state index contributed by atoms with van der Waals surface area (Å²) < 4.78 is 5.38. The van der Waals surface area contributed by atoms with Crippen molar-refractivity contribution in [1.29, 1.82) is 0 Å². The molecule has 6 heteroatoms. The molecule has 2 amide bonds. The van der Waals surface area contributed by atoms with Crippen LogP contribution in [0.5, 0.6) is 0 Å². The SMILES string of the molecule is Nc1cccc(C(=O)NCc2cccc(NC(=O)C3CCCO3)c2)c1. The lowest BCUT2D eigenvalue weighted by Crippen LogP contribution is -2.27. The average Bonchev–Trinajstić information content (AvgIpc) is 3.15. The number of ether oxygens (including phenoxy) is 1. The molecule has 25 heavy (non-hydrogen) atoms. The molecule has 0 saturated carbocycles. The number of anilines is 2. The van der Waals surface area contributed by atoms with Crippen LogP contribution in [0.3, 0.4) is 0 Å². The summed E-state index contributed by atoms with van der Waals surface area (Å²) in [6.07, 6.45) is 1.29. The fraction of sp³-hybridized carbons (Fsp3) is 0.263. The first-order chi connectivity index (χ1) is 12.1. The third-order valence-corrected chi connectivity index (χ3v) is 4.02. The lowest BCUT2D eigenvalue weighted by atomic mass is 10.1. The number of hydrogen-bond acceptors (Lipinski definition) is 4. The van der Waals surface area contributed by atoms with Crippen molar-refractivity contribution in [3.63, 3.8) is 0 Å². The third-order valence-electron chi connectivity index (χ3n) is 4.02. The first-order valence-electron chi connectivity index (χ1n) is 8.27. The molecule has 0 aliphatic carbocycles. The summed E-state index contributed by atoms with van der Waals surface area (Å²) in [5.74, 6) is -0.320. The monoisotopic (exact) mass is 339 g/mol. The van der Waals surface area contributed by atoms with Crippen LogP contribution in [0.4, 0.5) is 11.4 Å². The van der Waals surface area contributed by atoms with Gasteiger partial charge in [-0.25, -0.2) is 0 Å². The highest BCUT2D eigenvalue weighted by atomic mass is 16.5. The molecular formula is C19H21N3O3. The van der Waals surface area contributed by atoms with Crippen LogP contribution in [0.2, 0.25) is 0 Å². The van der Waals surface area contributed by atoms with E-state index in [4.69, 9.17) is 10.5 Å². The highest BCUT2D eigenvalue weighted by Gasteiger charge is 2.23. The van der Waals surface area contributed by atoms with Gasteiger partial charge in [-0.2, -0.15) is 0 Å². The van der Waals surface area contributed by atoms with Gasteiger partial charge in [0.05, 0.1) is 0 Å². The summed E-state index contributed by atoms with van der Waals surface area (Å²) in [5, 5.41) is 5.70. The molecule has 1 aliphatic heterocycles. The van der Waals surface area contributed by atoms with E-state index in [1.54, 1.807) is 24.3 Å². The van der Waals surface area contributed by atoms with Crippen LogP contribution in [-0.4, -0.2) is 24.5 Å². The van der Waals surface area contributed by atoms with Gasteiger partial charge < -0.3 is 21.1 Å². The molecule has 1 unspecified atom stereocenters. The predicted molar refractivity (Wildman–Crippen MR) is 96.1 cm³/mol. The second-order valence-electron chi connectivity index (χ2n) is 6.00. The molecule has 2 aromatic rings. The quantitative estimate of drug-likeness (QED) is 0.729. The Labute approximate surface area is 146 Å². The zero-order chi connectivity index (χ0) is 17.6. The summed E-state index contributed by atoms with van der Waals surface area (Å²) >= 11 is 0. The first-order valence-corrected chi connectivity index (χ1v) is 8.27. The van der Waals surface area contributed by atoms with Gasteiger partial charge in [0.25, 0.3) is 11.8 Å². The van der Waals surface area contributed by atoms with E-state index in [2.05, 4.69) is 10.6 Å². The largest absolute Gasteiger partial charge is 0.399 e. The molecule has 2 aromatic carbocycles. The minimum atomic E-state index is -0.369. The highest BCUT2D eigenvalue weighted by molar-refractivity contribution is 5.95. The highest BCUT2D eigenvalue weighted by Crippen LogP contribution is 2.16. The first kappa shape index (κ1) is 17.0. The number of nitrogens with two attached hydrogens (primary N) is 1. The third kappa shape index (κ3) is 4.58. The Hall–Kier alpha value is -2.86. The smallest absolute Gasteiger partial charge is 0.253 e. The fourth-order valence-corrected chi connectivity index (χ4v) is 2.73. The van der Waals surface area contributed by atoms with Gasteiger partial charge in [-0.1, -0.05) is 18.2 Å². The molecule has 1 fully saturated rings. The van der Waals surface area contributed by atoms with Crippen LogP contribution < -0.4 is 16.4 Å². The van der Waals surface area contributed by atoms with Gasteiger partial charge >= 0.3 is 0 Å². The van der Waals surface area contributed by atoms with E-state index in [9.17, 15) is 9.59 Å². The minimum Gasteiger partial charge on any atom is -0.399 e. The molecule has 1 atom stereocenters. The maximum atomic E-state index is 12.2. The zero-order valence-electron chi connectivity index (χ0n) is 13.8. The maximum absolute atomic E-state index is 12.2. The summed E-state index contributed by atoms with van der Waals surface area (Å²) in [6, 6.07) is 14.2. The van der Waals surface area contributed by atoms with Gasteiger partial charge in [-0.15, -0.1) is 0 Å². The molecule has 4 N–H and O–H groups in total. The van der Waals surface area contributed by atoms with Gasteiger partial charge in [-0.3, -0.25) is 9.59 Å². The molecule has 3 rings (SSSR count). The second kappa shape index (κ2) is 7.81. The zero-order valence-corrected chi connectivity index (χ0v) is 13.8. The Morgan fingerprint density at radius 3 is 2.76 bits per heavy atom. The van der Waals surface area contributed by atoms with Gasteiger partial charge in [-0.05, 0) is 48.7 Å². The molecule has 0 radical (unpaired) electrons. The van der Waals surface area contributed by atoms with Crippen LogP contribution in [0.1, 0.15) is 28.8 Å². The number of carbonyl (C=O) groups is 2. The Balaban J connectivity index is 1.58. The van der Waals surface area contributed by atoms with E-state index in [1.807, 2.05) is 24.3 Å². The lowest BCUT2D eigenvalue weighted by Gasteiger charge is -2.12. The van der Waals surface area contributed by atoms with Crippen molar-refractivity contribution in [2.75, 3.05) is 17.7 Å². The number of nitrogens with one attached hydrogen (secondary N) is 2. The van der Waals surface area contributed by atoms with Crippen LogP contribution in [-0.2, 0) is 16.1 Å². The van der Waals surface area contributed by atoms with Gasteiger partial charge in [0, 0.05) is 30.1 Å². The van der Waals surface area contributed by atoms with Crippen LogP contribution in [0, 0.1) is 0 Å². The van der Waals surface area contributed by atoms with Crippen LogP contribution >= 0.6 is 0 Å². The molecule has 1 saturated heterocycles. The van der Waals surface area contributed by atoms with Crippen molar-refractivity contribution < 1.29 is 14.3 Å². The Kier molecular flexibility index (Phi) is 5.30. The van der Waals surface area contributed by atoms with Crippen molar-refractivity contribution >= 4 is 23.2 Å². The van der Waals surface area contributed by atoms with Crippen LogP contribution in [0.15, 0.2) is 48.5 Å². The van der Waals surface area contributed by atoms with Crippen LogP contribution in [0.25, 0.3) is 0 Å². The number of hydrogen-bond donors (Lipinski definition) is 3. The number of nitrogen functional groups attached to an aromatic ring is 1. The molecule has 1 heterocycles. The summed E-state index contributed by atoms with van der Waals surface area (Å²) in [7, 11) is 0. The summed E-state index contributed by atoms with van der Waals surface area (Å²) in [5.41, 5.74) is 8.34. The van der Waals surface area contributed by atoms with Gasteiger partial charge in [0.2, 0.25) is 0 Å². The number of amides is 2. The van der Waals surface area contributed by atoms with E-state index in [0.29, 0.717) is 30.1 Å². The standard InChI is InChI=1S/C19H21N3O3/c20-15-6-2-5-14(11-15)18(23)21-12-13-4-1-7-16(10-13)22-19(24)17-8-3-9-25-17/h1-2,4-7,10-11,17H,3,8-9,12,20H2,(H,21,23)(H,22,24). The van der Waals surface area contributed by atoms with E-state index in [-0.39, 0.29) is 17.9 Å². The molecule has 1 aliphatic rings. The van der Waals surface area contributed by atoms with Gasteiger partial charge in [0.15, 0.2) is 0 Å². The average molecular weight is 339 g/mol. The number of benzene rings is 2. The normalized spacial score (nSPS) is 16.4. The Morgan fingerprint density at radius 1 is 1.16 bits per heavy atom. The topological polar surface area (TPSA) is 93.5 Å². The van der Waals surface area contributed by atoms with Crippen molar-refractivity contribution in [2.45, 2.75) is 25.5 Å². The van der Waals surface area contributed by atoms with Crippen molar-refractivity contribution in [3.05, 3.63) is 59.7 Å². The number of rotatable bonds is 5. The second-order valence-corrected chi connectivity index (χ2v) is 6.00. The Morgan fingerprint density at radius 2 is 2.00 bits per heavy atom. The Bertz CT molecular complexity index is 770. The van der Waals surface area contributed by atoms with E-state index in [1.165, 1.54) is 0 Å². The molecule has 130 valence electrons. The van der Waals surface area contributed by atoms with Crippen molar-refractivity contribution in [2.24, 2.45) is 0 Å². The van der Waals surface area contributed by atoms with Crippen molar-refractivity contribution in [3.8, 4) is 0 Å². The summed E-state index contributed by atoms with van der Waals surface area (Å²) in [6.45, 7) is 0.991. The predicted octanol–water partition coefficient (Wildman–Crippen LogP) is 2.32. The van der Waals surface area contributed by atoms with Crippen molar-refractivity contribution in [1.82, 2.24) is 5.32 Å². The molecule has 0 aromatic heterocycles. The van der Waals surface area contributed by atoms with Gasteiger partial charge in [0.1, 0.15) is 6.10 Å².